The highest BCUT2D eigenvalue weighted by Crippen LogP contribution is 2.18. The summed E-state index contributed by atoms with van der Waals surface area (Å²) in [7, 11) is 4.25. The van der Waals surface area contributed by atoms with Crippen molar-refractivity contribution in [1.29, 1.82) is 0 Å². The van der Waals surface area contributed by atoms with Crippen molar-refractivity contribution in [2.75, 3.05) is 33.7 Å². The first-order chi connectivity index (χ1) is 6.33. The minimum Gasteiger partial charge on any atom is -0.320 e. The summed E-state index contributed by atoms with van der Waals surface area (Å²) in [5.41, 5.74) is 0. The molecule has 0 bridgehead atoms. The topological polar surface area (TPSA) is 15.3 Å². The van der Waals surface area contributed by atoms with E-state index >= 15 is 0 Å². The van der Waals surface area contributed by atoms with Crippen molar-refractivity contribution in [3.63, 3.8) is 0 Å². The van der Waals surface area contributed by atoms with Crippen LogP contribution < -0.4 is 5.32 Å². The molecule has 1 heterocycles. The summed E-state index contributed by atoms with van der Waals surface area (Å²) >= 11 is 0. The molecular weight excluding hydrogens is 160 g/mol. The Morgan fingerprint density at radius 3 is 2.23 bits per heavy atom. The Labute approximate surface area is 83.7 Å². The van der Waals surface area contributed by atoms with Crippen LogP contribution in [0.5, 0.6) is 0 Å². The van der Waals surface area contributed by atoms with E-state index in [0.717, 1.165) is 5.92 Å². The molecule has 2 nitrogen and oxygen atoms in total. The van der Waals surface area contributed by atoms with Crippen molar-refractivity contribution in [3.05, 3.63) is 0 Å². The number of hydrogen-bond donors (Lipinski definition) is 1. The molecule has 80 valence electrons. The number of rotatable bonds is 3. The molecule has 13 heavy (non-hydrogen) atoms. The molecule has 1 rings (SSSR count). The summed E-state index contributed by atoms with van der Waals surface area (Å²) in [6, 6.07) is 0. The van der Waals surface area contributed by atoms with E-state index in [9.17, 15) is 0 Å². The largest absolute Gasteiger partial charge is 0.320 e. The predicted octanol–water partition coefficient (Wildman–Crippen LogP) is 1.96. The molecule has 0 radical (unpaired) electrons. The summed E-state index contributed by atoms with van der Waals surface area (Å²) in [6.07, 6.45) is 4.17. The maximum Gasteiger partial charge on any atom is -0.00191 e. The number of hydrogen-bond acceptors (Lipinski definition) is 2. The van der Waals surface area contributed by atoms with Crippen LogP contribution in [-0.2, 0) is 0 Å². The molecule has 1 aliphatic heterocycles. The Morgan fingerprint density at radius 1 is 1.23 bits per heavy atom. The lowest BCUT2D eigenvalue weighted by Crippen LogP contribution is -2.31. The molecule has 0 spiro atoms. The van der Waals surface area contributed by atoms with E-state index in [1.54, 1.807) is 0 Å². The minimum atomic E-state index is 0.985. The Hall–Kier alpha value is -0.0800. The molecule has 0 aliphatic carbocycles. The zero-order valence-corrected chi connectivity index (χ0v) is 9.77. The first-order valence-corrected chi connectivity index (χ1v) is 5.66. The zero-order chi connectivity index (χ0) is 10.1. The smallest absolute Gasteiger partial charge is 0.00191 e. The normalized spacial score (nSPS) is 19.4. The van der Waals surface area contributed by atoms with Gasteiger partial charge in [-0.3, -0.25) is 0 Å². The van der Waals surface area contributed by atoms with Gasteiger partial charge in [0.1, 0.15) is 0 Å². The van der Waals surface area contributed by atoms with Crippen LogP contribution >= 0.6 is 0 Å². The van der Waals surface area contributed by atoms with Gasteiger partial charge in [-0.2, -0.15) is 0 Å². The Kier molecular flexibility index (Phi) is 8.46. The first-order valence-electron chi connectivity index (χ1n) is 5.66. The van der Waals surface area contributed by atoms with Gasteiger partial charge in [0.05, 0.1) is 0 Å². The molecule has 0 aromatic carbocycles. The van der Waals surface area contributed by atoms with Crippen molar-refractivity contribution in [1.82, 2.24) is 10.2 Å². The number of nitrogens with zero attached hydrogens (tertiary/aromatic N) is 1. The van der Waals surface area contributed by atoms with E-state index in [-0.39, 0.29) is 0 Å². The number of nitrogens with one attached hydrogen (secondary N) is 1. The van der Waals surface area contributed by atoms with E-state index in [0.29, 0.717) is 0 Å². The Bertz CT molecular complexity index is 93.5. The molecule has 0 aromatic rings. The van der Waals surface area contributed by atoms with Gasteiger partial charge in [0.2, 0.25) is 0 Å². The molecule has 0 atom stereocenters. The van der Waals surface area contributed by atoms with Crippen molar-refractivity contribution < 1.29 is 0 Å². The summed E-state index contributed by atoms with van der Waals surface area (Å²) in [4.78, 5) is 2.43. The van der Waals surface area contributed by atoms with Gasteiger partial charge in [0.25, 0.3) is 0 Å². The van der Waals surface area contributed by atoms with Gasteiger partial charge in [-0.15, -0.1) is 0 Å². The number of likely N-dealkylation sites (tertiary alicyclic amines) is 1. The van der Waals surface area contributed by atoms with Crippen LogP contribution in [0.15, 0.2) is 0 Å². The van der Waals surface area contributed by atoms with Gasteiger partial charge in [-0.25, -0.2) is 0 Å². The maximum atomic E-state index is 3.21. The standard InChI is InChI=1S/C9H20N2.C2H6/c1-10-6-3-9-4-7-11(2)8-5-9;1-2/h9-10H,3-8H2,1-2H3;1-2H3. The average Bonchev–Trinajstić information content (AvgIpc) is 2.20. The summed E-state index contributed by atoms with van der Waals surface area (Å²) in [6.45, 7) is 7.79. The van der Waals surface area contributed by atoms with Gasteiger partial charge in [-0.1, -0.05) is 13.8 Å². The first kappa shape index (κ1) is 12.9. The Morgan fingerprint density at radius 2 is 1.77 bits per heavy atom. The highest BCUT2D eigenvalue weighted by molar-refractivity contribution is 4.70. The molecule has 1 fully saturated rings. The fraction of sp³-hybridized carbons (Fsp3) is 1.00. The van der Waals surface area contributed by atoms with E-state index < -0.39 is 0 Å². The molecule has 1 saturated heterocycles. The van der Waals surface area contributed by atoms with Crippen LogP contribution in [0.4, 0.5) is 0 Å². The Balaban J connectivity index is 0.000000671. The van der Waals surface area contributed by atoms with E-state index in [1.807, 2.05) is 20.9 Å². The zero-order valence-electron chi connectivity index (χ0n) is 9.77. The SMILES string of the molecule is CC.CNCCC1CCN(C)CC1. The van der Waals surface area contributed by atoms with E-state index in [1.165, 1.54) is 38.9 Å². The third-order valence-corrected chi connectivity index (χ3v) is 2.64. The fourth-order valence-electron chi connectivity index (χ4n) is 1.70. The molecule has 1 N–H and O–H groups in total. The lowest BCUT2D eigenvalue weighted by atomic mass is 9.94. The lowest BCUT2D eigenvalue weighted by molar-refractivity contribution is 0.212. The summed E-state index contributed by atoms with van der Waals surface area (Å²) < 4.78 is 0. The highest BCUT2D eigenvalue weighted by Gasteiger charge is 2.15. The van der Waals surface area contributed by atoms with Crippen LogP contribution in [0.1, 0.15) is 33.1 Å². The second kappa shape index (κ2) is 8.52. The van der Waals surface area contributed by atoms with Gasteiger partial charge < -0.3 is 10.2 Å². The van der Waals surface area contributed by atoms with E-state index in [4.69, 9.17) is 0 Å². The molecule has 0 aromatic heterocycles. The lowest BCUT2D eigenvalue weighted by Gasteiger charge is -2.28. The monoisotopic (exact) mass is 186 g/mol. The molecule has 0 saturated carbocycles. The second-order valence-corrected chi connectivity index (χ2v) is 3.64. The third-order valence-electron chi connectivity index (χ3n) is 2.64. The van der Waals surface area contributed by atoms with Crippen molar-refractivity contribution in [2.45, 2.75) is 33.1 Å². The predicted molar refractivity (Wildman–Crippen MR) is 60.1 cm³/mol. The fourth-order valence-corrected chi connectivity index (χ4v) is 1.70. The van der Waals surface area contributed by atoms with Crippen molar-refractivity contribution in [3.8, 4) is 0 Å². The quantitative estimate of drug-likeness (QED) is 0.725. The molecule has 2 heteroatoms. The van der Waals surface area contributed by atoms with Gasteiger partial charge in [-0.05, 0) is 58.9 Å². The second-order valence-electron chi connectivity index (χ2n) is 3.64. The third kappa shape index (κ3) is 6.05. The van der Waals surface area contributed by atoms with Crippen LogP contribution in [-0.4, -0.2) is 38.6 Å². The van der Waals surface area contributed by atoms with Gasteiger partial charge in [0.15, 0.2) is 0 Å². The van der Waals surface area contributed by atoms with Crippen LogP contribution in [0.25, 0.3) is 0 Å². The van der Waals surface area contributed by atoms with Crippen LogP contribution in [0.3, 0.4) is 0 Å². The van der Waals surface area contributed by atoms with Gasteiger partial charge >= 0.3 is 0 Å². The molecule has 0 amide bonds. The molecule has 1 aliphatic rings. The van der Waals surface area contributed by atoms with Crippen LogP contribution in [0.2, 0.25) is 0 Å². The van der Waals surface area contributed by atoms with Crippen molar-refractivity contribution >= 4 is 0 Å². The van der Waals surface area contributed by atoms with Crippen molar-refractivity contribution in [2.24, 2.45) is 5.92 Å². The molecular formula is C11H26N2. The highest BCUT2D eigenvalue weighted by atomic mass is 15.1. The van der Waals surface area contributed by atoms with Crippen LogP contribution in [0, 0.1) is 5.92 Å². The minimum absolute atomic E-state index is 0.985. The van der Waals surface area contributed by atoms with E-state index in [2.05, 4.69) is 17.3 Å². The summed E-state index contributed by atoms with van der Waals surface area (Å²) in [5.74, 6) is 0.985. The summed E-state index contributed by atoms with van der Waals surface area (Å²) in [5, 5.41) is 3.21. The number of piperidine rings is 1. The average molecular weight is 186 g/mol. The maximum absolute atomic E-state index is 3.21. The van der Waals surface area contributed by atoms with Gasteiger partial charge in [0, 0.05) is 0 Å². The molecule has 0 unspecified atom stereocenters.